The molecule has 19 heavy (non-hydrogen) atoms. The lowest BCUT2D eigenvalue weighted by atomic mass is 10.2. The average Bonchev–Trinajstić information content (AvgIpc) is 2.65. The van der Waals surface area contributed by atoms with Crippen LogP contribution in [0.1, 0.15) is 12.5 Å². The molecule has 1 N–H and O–H groups in total. The van der Waals surface area contributed by atoms with Gasteiger partial charge in [0.1, 0.15) is 10.4 Å². The average molecular weight is 294 g/mol. The first-order valence-electron chi connectivity index (χ1n) is 5.40. The van der Waals surface area contributed by atoms with Crippen LogP contribution in [0.15, 0.2) is 29.4 Å². The number of rotatable bonds is 3. The van der Waals surface area contributed by atoms with Gasteiger partial charge in [-0.1, -0.05) is 24.0 Å². The number of nitrogens with zero attached hydrogens (tertiary/aromatic N) is 2. The maximum Gasteiger partial charge on any atom is 0.326 e. The van der Waals surface area contributed by atoms with Crippen LogP contribution in [0.3, 0.4) is 0 Å². The number of carbonyl (C=O) groups excluding carboxylic acids is 1. The molecule has 98 valence electrons. The maximum absolute atomic E-state index is 12.1. The number of amides is 1. The summed E-state index contributed by atoms with van der Waals surface area (Å²) in [6.45, 7) is 1.43. The van der Waals surface area contributed by atoms with Crippen molar-refractivity contribution in [2.45, 2.75) is 13.0 Å². The maximum atomic E-state index is 12.1. The molecular formula is C12H10N2O3S2. The van der Waals surface area contributed by atoms with Gasteiger partial charge in [-0.15, -0.1) is 0 Å². The van der Waals surface area contributed by atoms with Gasteiger partial charge in [-0.3, -0.25) is 14.7 Å². The van der Waals surface area contributed by atoms with Crippen LogP contribution < -0.4 is 0 Å². The van der Waals surface area contributed by atoms with Crippen LogP contribution in [0.2, 0.25) is 0 Å². The Labute approximate surface area is 119 Å². The Morgan fingerprint density at radius 2 is 2.16 bits per heavy atom. The molecule has 0 aliphatic carbocycles. The van der Waals surface area contributed by atoms with E-state index >= 15 is 0 Å². The van der Waals surface area contributed by atoms with Crippen LogP contribution in [0, 0.1) is 0 Å². The van der Waals surface area contributed by atoms with Crippen molar-refractivity contribution in [2.75, 3.05) is 0 Å². The van der Waals surface area contributed by atoms with Gasteiger partial charge in [0.2, 0.25) is 0 Å². The third-order valence-corrected chi connectivity index (χ3v) is 3.90. The highest BCUT2D eigenvalue weighted by Gasteiger charge is 2.38. The quantitative estimate of drug-likeness (QED) is 0.676. The fourth-order valence-electron chi connectivity index (χ4n) is 1.54. The molecule has 2 rings (SSSR count). The van der Waals surface area contributed by atoms with Crippen LogP contribution in [-0.4, -0.2) is 37.2 Å². The van der Waals surface area contributed by atoms with Gasteiger partial charge in [0.05, 0.1) is 4.91 Å². The Bertz CT molecular complexity index is 572. The largest absolute Gasteiger partial charge is 0.480 e. The highest BCUT2D eigenvalue weighted by Crippen LogP contribution is 2.33. The second kappa shape index (κ2) is 5.50. The predicted octanol–water partition coefficient (Wildman–Crippen LogP) is 1.76. The van der Waals surface area contributed by atoms with Crippen molar-refractivity contribution in [3.05, 3.63) is 35.0 Å². The predicted molar refractivity (Wildman–Crippen MR) is 76.3 cm³/mol. The normalized spacial score (nSPS) is 19.0. The van der Waals surface area contributed by atoms with Crippen LogP contribution in [0.5, 0.6) is 0 Å². The Morgan fingerprint density at radius 1 is 1.53 bits per heavy atom. The first kappa shape index (κ1) is 13.7. The number of aromatic nitrogens is 1. The minimum Gasteiger partial charge on any atom is -0.480 e. The molecule has 1 amide bonds. The number of carbonyl (C=O) groups is 2. The van der Waals surface area contributed by atoms with Gasteiger partial charge in [0, 0.05) is 12.4 Å². The van der Waals surface area contributed by atoms with Crippen molar-refractivity contribution in [3.63, 3.8) is 0 Å². The van der Waals surface area contributed by atoms with Crippen LogP contribution in [-0.2, 0) is 9.59 Å². The second-order valence-electron chi connectivity index (χ2n) is 3.85. The molecule has 0 aromatic carbocycles. The van der Waals surface area contributed by atoms with Crippen molar-refractivity contribution in [1.29, 1.82) is 0 Å². The molecule has 5 nitrogen and oxygen atoms in total. The third-order valence-electron chi connectivity index (χ3n) is 2.57. The lowest BCUT2D eigenvalue weighted by Gasteiger charge is -2.18. The number of thiocarbonyl (C=S) groups is 1. The standard InChI is InChI=1S/C12H10N2O3S2/c1-7(11(16)17)14-10(15)9(19-12(14)18)6-8-2-4-13-5-3-8/h2-7H,1H3,(H,16,17)/t7-/m0/s1. The molecule has 1 saturated heterocycles. The summed E-state index contributed by atoms with van der Waals surface area (Å²) >= 11 is 6.17. The second-order valence-corrected chi connectivity index (χ2v) is 5.52. The van der Waals surface area contributed by atoms with Crippen molar-refractivity contribution in [1.82, 2.24) is 9.88 Å². The Balaban J connectivity index is 2.28. The van der Waals surface area contributed by atoms with Gasteiger partial charge in [0.15, 0.2) is 0 Å². The fourth-order valence-corrected chi connectivity index (χ4v) is 2.95. The van der Waals surface area contributed by atoms with Gasteiger partial charge in [-0.25, -0.2) is 4.79 Å². The zero-order valence-electron chi connectivity index (χ0n) is 9.94. The first-order valence-corrected chi connectivity index (χ1v) is 6.63. The highest BCUT2D eigenvalue weighted by molar-refractivity contribution is 8.26. The minimum absolute atomic E-state index is 0.264. The van der Waals surface area contributed by atoms with E-state index in [1.54, 1.807) is 30.6 Å². The molecule has 2 heterocycles. The van der Waals surface area contributed by atoms with E-state index in [1.165, 1.54) is 6.92 Å². The zero-order chi connectivity index (χ0) is 14.0. The molecule has 1 fully saturated rings. The van der Waals surface area contributed by atoms with Crippen LogP contribution in [0.25, 0.3) is 6.08 Å². The summed E-state index contributed by atoms with van der Waals surface area (Å²) in [7, 11) is 0. The molecule has 1 aliphatic heterocycles. The lowest BCUT2D eigenvalue weighted by molar-refractivity contribution is -0.144. The van der Waals surface area contributed by atoms with Crippen LogP contribution >= 0.6 is 24.0 Å². The molecule has 0 unspecified atom stereocenters. The van der Waals surface area contributed by atoms with Gasteiger partial charge >= 0.3 is 5.97 Å². The highest BCUT2D eigenvalue weighted by atomic mass is 32.2. The number of pyridine rings is 1. The molecule has 1 atom stereocenters. The van der Waals surface area contributed by atoms with E-state index in [0.29, 0.717) is 4.91 Å². The van der Waals surface area contributed by atoms with E-state index in [4.69, 9.17) is 17.3 Å². The summed E-state index contributed by atoms with van der Waals surface area (Å²) in [6, 6.07) is 2.55. The van der Waals surface area contributed by atoms with E-state index in [0.717, 1.165) is 22.2 Å². The molecular weight excluding hydrogens is 284 g/mol. The van der Waals surface area contributed by atoms with Gasteiger partial charge < -0.3 is 5.11 Å². The number of hydrogen-bond donors (Lipinski definition) is 1. The number of aliphatic carboxylic acids is 1. The van der Waals surface area contributed by atoms with E-state index in [1.807, 2.05) is 0 Å². The summed E-state index contributed by atoms with van der Waals surface area (Å²) in [4.78, 5) is 28.5. The molecule has 0 radical (unpaired) electrons. The summed E-state index contributed by atoms with van der Waals surface area (Å²) in [5, 5.41) is 8.96. The number of carboxylic acid groups (broad SMARTS) is 1. The molecule has 1 aromatic heterocycles. The van der Waals surface area contributed by atoms with Crippen molar-refractivity contribution in [2.24, 2.45) is 0 Å². The Hall–Kier alpha value is -1.73. The summed E-state index contributed by atoms with van der Waals surface area (Å²) in [5.41, 5.74) is 0.818. The topological polar surface area (TPSA) is 70.5 Å². The summed E-state index contributed by atoms with van der Waals surface area (Å²) in [5.74, 6) is -1.46. The van der Waals surface area contributed by atoms with Crippen LogP contribution in [0.4, 0.5) is 0 Å². The molecule has 0 bridgehead atoms. The molecule has 1 aliphatic rings. The van der Waals surface area contributed by atoms with Crippen molar-refractivity contribution in [3.8, 4) is 0 Å². The summed E-state index contributed by atoms with van der Waals surface area (Å²) in [6.07, 6.45) is 4.91. The van der Waals surface area contributed by atoms with Crippen molar-refractivity contribution >= 4 is 46.3 Å². The molecule has 0 saturated carbocycles. The van der Waals surface area contributed by atoms with E-state index in [2.05, 4.69) is 4.98 Å². The molecule has 0 spiro atoms. The van der Waals surface area contributed by atoms with E-state index in [-0.39, 0.29) is 10.2 Å². The van der Waals surface area contributed by atoms with E-state index in [9.17, 15) is 9.59 Å². The zero-order valence-corrected chi connectivity index (χ0v) is 11.6. The Kier molecular flexibility index (Phi) is 3.96. The first-order chi connectivity index (χ1) is 9.00. The Morgan fingerprint density at radius 3 is 2.74 bits per heavy atom. The lowest BCUT2D eigenvalue weighted by Crippen LogP contribution is -2.41. The minimum atomic E-state index is -1.08. The molecule has 1 aromatic rings. The fraction of sp³-hybridized carbons (Fsp3) is 0.167. The van der Waals surface area contributed by atoms with Gasteiger partial charge in [-0.05, 0) is 30.7 Å². The van der Waals surface area contributed by atoms with E-state index < -0.39 is 12.0 Å². The third kappa shape index (κ3) is 2.82. The monoisotopic (exact) mass is 294 g/mol. The van der Waals surface area contributed by atoms with Gasteiger partial charge in [0.25, 0.3) is 5.91 Å². The summed E-state index contributed by atoms with van der Waals surface area (Å²) < 4.78 is 0.264. The SMILES string of the molecule is C[C@@H](C(=O)O)N1C(=O)C(=Cc2ccncc2)SC1=S. The number of carboxylic acids is 1. The van der Waals surface area contributed by atoms with Crippen molar-refractivity contribution < 1.29 is 14.7 Å². The number of hydrogen-bond acceptors (Lipinski definition) is 5. The number of thioether (sulfide) groups is 1. The van der Waals surface area contributed by atoms with Gasteiger partial charge in [-0.2, -0.15) is 0 Å². The smallest absolute Gasteiger partial charge is 0.326 e. The molecule has 7 heteroatoms.